The molecule has 1 N–H and O–H groups in total. The second kappa shape index (κ2) is 6.53. The summed E-state index contributed by atoms with van der Waals surface area (Å²) in [4.78, 5) is 17.4. The minimum absolute atomic E-state index is 0.0752. The van der Waals surface area contributed by atoms with E-state index in [4.69, 9.17) is 0 Å². The third kappa shape index (κ3) is 3.07. The lowest BCUT2D eigenvalue weighted by Crippen LogP contribution is -2.27. The van der Waals surface area contributed by atoms with Crippen molar-refractivity contribution >= 4 is 42.6 Å². The van der Waals surface area contributed by atoms with Gasteiger partial charge in [0.2, 0.25) is 15.9 Å². The van der Waals surface area contributed by atoms with Gasteiger partial charge in [0.15, 0.2) is 5.13 Å². The summed E-state index contributed by atoms with van der Waals surface area (Å²) in [5, 5.41) is 3.54. The Labute approximate surface area is 163 Å². The number of nitrogens with one attached hydrogen (secondary N) is 1. The number of carbonyl (C=O) groups excluding carboxylic acids is 1. The molecule has 1 aliphatic heterocycles. The van der Waals surface area contributed by atoms with Gasteiger partial charge in [-0.25, -0.2) is 13.4 Å². The summed E-state index contributed by atoms with van der Waals surface area (Å²) in [6, 6.07) is 5.05. The third-order valence-corrected chi connectivity index (χ3v) is 9.20. The maximum atomic E-state index is 12.8. The van der Waals surface area contributed by atoms with Crippen LogP contribution in [-0.2, 0) is 14.8 Å². The molecule has 3 fully saturated rings. The van der Waals surface area contributed by atoms with Gasteiger partial charge in [-0.1, -0.05) is 17.8 Å². The van der Waals surface area contributed by atoms with Crippen LogP contribution in [0.1, 0.15) is 38.5 Å². The summed E-state index contributed by atoms with van der Waals surface area (Å²) in [6.07, 6.45) is 6.46. The summed E-state index contributed by atoms with van der Waals surface area (Å²) in [6.45, 7) is 1.18. The summed E-state index contributed by atoms with van der Waals surface area (Å²) in [5.74, 6) is 1.44. The minimum atomic E-state index is -3.44. The fourth-order valence-corrected chi connectivity index (χ4v) is 7.49. The number of fused-ring (bicyclic) bond motifs is 3. The SMILES string of the molecule is O=C(Nc1nc2ccc(S(=O)(=O)N3CCCC3)cc2s1)C1CC2CCC1C2. The lowest BCUT2D eigenvalue weighted by molar-refractivity contribution is -0.121. The van der Waals surface area contributed by atoms with Crippen LogP contribution in [0.2, 0.25) is 0 Å². The number of hydrogen-bond donors (Lipinski definition) is 1. The summed E-state index contributed by atoms with van der Waals surface area (Å²) in [7, 11) is -3.44. The van der Waals surface area contributed by atoms with E-state index in [9.17, 15) is 13.2 Å². The van der Waals surface area contributed by atoms with E-state index in [0.29, 0.717) is 29.0 Å². The predicted octanol–water partition coefficient (Wildman–Crippen LogP) is 3.46. The van der Waals surface area contributed by atoms with Gasteiger partial charge < -0.3 is 5.32 Å². The first-order chi connectivity index (χ1) is 13.0. The van der Waals surface area contributed by atoms with E-state index in [2.05, 4.69) is 10.3 Å². The van der Waals surface area contributed by atoms with Crippen LogP contribution in [0.3, 0.4) is 0 Å². The van der Waals surface area contributed by atoms with Crippen molar-refractivity contribution in [2.75, 3.05) is 18.4 Å². The van der Waals surface area contributed by atoms with E-state index < -0.39 is 10.0 Å². The second-order valence-corrected chi connectivity index (χ2v) is 11.0. The maximum Gasteiger partial charge on any atom is 0.243 e. The highest BCUT2D eigenvalue weighted by Crippen LogP contribution is 2.48. The van der Waals surface area contributed by atoms with Gasteiger partial charge in [0, 0.05) is 19.0 Å². The van der Waals surface area contributed by atoms with E-state index in [1.807, 2.05) is 0 Å². The first kappa shape index (κ1) is 17.6. The molecule has 6 nitrogen and oxygen atoms in total. The Morgan fingerprint density at radius 2 is 2.00 bits per heavy atom. The fraction of sp³-hybridized carbons (Fsp3) is 0.579. The highest BCUT2D eigenvalue weighted by Gasteiger charge is 2.43. The number of benzene rings is 1. The average Bonchev–Trinajstić information content (AvgIpc) is 3.43. The van der Waals surface area contributed by atoms with Crippen molar-refractivity contribution in [3.8, 4) is 0 Å². The Morgan fingerprint density at radius 1 is 1.19 bits per heavy atom. The van der Waals surface area contributed by atoms with Crippen LogP contribution in [0, 0.1) is 17.8 Å². The molecule has 1 amide bonds. The molecule has 8 heteroatoms. The van der Waals surface area contributed by atoms with Gasteiger partial charge >= 0.3 is 0 Å². The normalized spacial score (nSPS) is 28.2. The van der Waals surface area contributed by atoms with E-state index in [1.165, 1.54) is 30.6 Å². The Bertz CT molecular complexity index is 995. The number of aromatic nitrogens is 1. The van der Waals surface area contributed by atoms with Gasteiger partial charge in [0.25, 0.3) is 0 Å². The van der Waals surface area contributed by atoms with E-state index in [-0.39, 0.29) is 11.8 Å². The zero-order chi connectivity index (χ0) is 18.6. The Morgan fingerprint density at radius 3 is 2.70 bits per heavy atom. The van der Waals surface area contributed by atoms with Gasteiger partial charge in [0.1, 0.15) is 0 Å². The molecule has 2 saturated carbocycles. The Kier molecular flexibility index (Phi) is 4.25. The molecule has 27 heavy (non-hydrogen) atoms. The molecule has 1 aromatic heterocycles. The summed E-state index contributed by atoms with van der Waals surface area (Å²) in [5.41, 5.74) is 0.726. The molecule has 3 unspecified atom stereocenters. The molecule has 3 aliphatic rings. The highest BCUT2D eigenvalue weighted by atomic mass is 32.2. The quantitative estimate of drug-likeness (QED) is 0.845. The van der Waals surface area contributed by atoms with Crippen LogP contribution in [-0.4, -0.2) is 36.7 Å². The monoisotopic (exact) mass is 405 g/mol. The Hall–Kier alpha value is -1.51. The zero-order valence-corrected chi connectivity index (χ0v) is 16.7. The van der Waals surface area contributed by atoms with E-state index in [1.54, 1.807) is 22.5 Å². The van der Waals surface area contributed by atoms with Crippen molar-refractivity contribution in [3.63, 3.8) is 0 Å². The van der Waals surface area contributed by atoms with Gasteiger partial charge in [-0.3, -0.25) is 4.79 Å². The van der Waals surface area contributed by atoms with Crippen molar-refractivity contribution < 1.29 is 13.2 Å². The van der Waals surface area contributed by atoms with Crippen LogP contribution >= 0.6 is 11.3 Å². The smallest absolute Gasteiger partial charge is 0.243 e. The molecule has 1 saturated heterocycles. The molecule has 5 rings (SSSR count). The summed E-state index contributed by atoms with van der Waals surface area (Å²) >= 11 is 1.35. The number of nitrogens with zero attached hydrogens (tertiary/aromatic N) is 2. The molecule has 2 heterocycles. The summed E-state index contributed by atoms with van der Waals surface area (Å²) < 4.78 is 27.8. The number of thiazole rings is 1. The third-order valence-electron chi connectivity index (χ3n) is 6.37. The van der Waals surface area contributed by atoms with Gasteiger partial charge in [-0.15, -0.1) is 0 Å². The molecule has 2 aliphatic carbocycles. The maximum absolute atomic E-state index is 12.8. The standard InChI is InChI=1S/C19H23N3O3S2/c23-18(15-10-12-3-4-13(15)9-12)21-19-20-16-6-5-14(11-17(16)26-19)27(24,25)22-7-1-2-8-22/h5-6,11-13,15H,1-4,7-10H2,(H,20,21,23). The molecule has 2 aromatic rings. The van der Waals surface area contributed by atoms with Crippen LogP contribution in [0.5, 0.6) is 0 Å². The lowest BCUT2D eigenvalue weighted by Gasteiger charge is -2.19. The van der Waals surface area contributed by atoms with Crippen LogP contribution < -0.4 is 5.32 Å². The number of sulfonamides is 1. The zero-order valence-electron chi connectivity index (χ0n) is 15.1. The topological polar surface area (TPSA) is 79.4 Å². The average molecular weight is 406 g/mol. The number of anilines is 1. The molecular formula is C19H23N3O3S2. The number of hydrogen-bond acceptors (Lipinski definition) is 5. The van der Waals surface area contributed by atoms with Crippen molar-refractivity contribution in [2.24, 2.45) is 17.8 Å². The van der Waals surface area contributed by atoms with Crippen LogP contribution in [0.15, 0.2) is 23.1 Å². The van der Waals surface area contributed by atoms with E-state index in [0.717, 1.165) is 35.4 Å². The number of carbonyl (C=O) groups is 1. The molecule has 1 aromatic carbocycles. The molecule has 0 spiro atoms. The molecular weight excluding hydrogens is 382 g/mol. The van der Waals surface area contributed by atoms with Crippen LogP contribution in [0.25, 0.3) is 10.2 Å². The fourth-order valence-electron chi connectivity index (χ4n) is 4.96. The second-order valence-electron chi connectivity index (χ2n) is 8.03. The molecule has 2 bridgehead atoms. The first-order valence-electron chi connectivity index (χ1n) is 9.72. The van der Waals surface area contributed by atoms with Crippen molar-refractivity contribution in [1.29, 1.82) is 0 Å². The molecule has 3 atom stereocenters. The first-order valence-corrected chi connectivity index (χ1v) is 12.0. The van der Waals surface area contributed by atoms with E-state index >= 15 is 0 Å². The van der Waals surface area contributed by atoms with Crippen LogP contribution in [0.4, 0.5) is 5.13 Å². The van der Waals surface area contributed by atoms with Gasteiger partial charge in [-0.05, 0) is 62.1 Å². The Balaban J connectivity index is 1.37. The molecule has 0 radical (unpaired) electrons. The largest absolute Gasteiger partial charge is 0.302 e. The number of rotatable bonds is 4. The van der Waals surface area contributed by atoms with Crippen molar-refractivity contribution in [3.05, 3.63) is 18.2 Å². The highest BCUT2D eigenvalue weighted by molar-refractivity contribution is 7.89. The van der Waals surface area contributed by atoms with Crippen molar-refractivity contribution in [2.45, 2.75) is 43.4 Å². The van der Waals surface area contributed by atoms with Gasteiger partial charge in [0.05, 0.1) is 15.1 Å². The number of amides is 1. The van der Waals surface area contributed by atoms with Gasteiger partial charge in [-0.2, -0.15) is 4.31 Å². The predicted molar refractivity (Wildman–Crippen MR) is 105 cm³/mol. The molecule has 144 valence electrons. The minimum Gasteiger partial charge on any atom is -0.302 e. The van der Waals surface area contributed by atoms with Crippen molar-refractivity contribution in [1.82, 2.24) is 9.29 Å². The lowest BCUT2D eigenvalue weighted by atomic mass is 9.88.